The zero-order valence-electron chi connectivity index (χ0n) is 12.9. The van der Waals surface area contributed by atoms with Crippen molar-refractivity contribution >= 4 is 17.6 Å². The Kier molecular flexibility index (Phi) is 5.21. The molecule has 22 heavy (non-hydrogen) atoms. The molecule has 0 aromatic heterocycles. The first kappa shape index (κ1) is 15.6. The molecule has 1 aliphatic heterocycles. The lowest BCUT2D eigenvalue weighted by atomic mass is 10.2. The summed E-state index contributed by atoms with van der Waals surface area (Å²) >= 11 is 5.91. The van der Waals surface area contributed by atoms with E-state index in [2.05, 4.69) is 22.3 Å². The van der Waals surface area contributed by atoms with Crippen LogP contribution in [-0.4, -0.2) is 48.1 Å². The van der Waals surface area contributed by atoms with Gasteiger partial charge < -0.3 is 10.2 Å². The number of nitrogens with zero attached hydrogens (tertiary/aromatic N) is 2. The number of carbonyl (C=O) groups is 1. The maximum absolute atomic E-state index is 12.2. The van der Waals surface area contributed by atoms with Gasteiger partial charge in [-0.25, -0.2) is 4.79 Å². The first-order chi connectivity index (χ1) is 10.7. The third-order valence-electron chi connectivity index (χ3n) is 4.66. The van der Waals surface area contributed by atoms with Crippen molar-refractivity contribution in [2.24, 2.45) is 0 Å². The van der Waals surface area contributed by atoms with Crippen molar-refractivity contribution in [3.63, 3.8) is 0 Å². The topological polar surface area (TPSA) is 35.6 Å². The largest absolute Gasteiger partial charge is 0.335 e. The predicted molar refractivity (Wildman–Crippen MR) is 89.1 cm³/mol. The van der Waals surface area contributed by atoms with E-state index < -0.39 is 0 Å². The molecule has 0 unspecified atom stereocenters. The average Bonchev–Trinajstić information content (AvgIpc) is 3.03. The van der Waals surface area contributed by atoms with Gasteiger partial charge in [0, 0.05) is 43.8 Å². The molecule has 5 heteroatoms. The molecule has 0 radical (unpaired) electrons. The number of rotatable bonds is 3. The molecular weight excluding hydrogens is 298 g/mol. The van der Waals surface area contributed by atoms with Gasteiger partial charge in [-0.05, 0) is 30.5 Å². The van der Waals surface area contributed by atoms with Crippen LogP contribution in [0.3, 0.4) is 0 Å². The van der Waals surface area contributed by atoms with Gasteiger partial charge >= 0.3 is 6.03 Å². The molecule has 0 atom stereocenters. The highest BCUT2D eigenvalue weighted by atomic mass is 35.5. The molecule has 120 valence electrons. The monoisotopic (exact) mass is 321 g/mol. The van der Waals surface area contributed by atoms with Crippen LogP contribution in [0, 0.1) is 0 Å². The van der Waals surface area contributed by atoms with Crippen molar-refractivity contribution in [2.75, 3.05) is 26.2 Å². The van der Waals surface area contributed by atoms with Crippen molar-refractivity contribution in [1.82, 2.24) is 15.1 Å². The van der Waals surface area contributed by atoms with E-state index in [0.29, 0.717) is 6.04 Å². The summed E-state index contributed by atoms with van der Waals surface area (Å²) < 4.78 is 0. The number of piperazine rings is 1. The normalized spacial score (nSPS) is 20.3. The summed E-state index contributed by atoms with van der Waals surface area (Å²) in [5.74, 6) is 0. The van der Waals surface area contributed by atoms with Crippen molar-refractivity contribution in [1.29, 1.82) is 0 Å². The Morgan fingerprint density at radius 2 is 1.73 bits per heavy atom. The van der Waals surface area contributed by atoms with E-state index in [1.165, 1.54) is 18.4 Å². The Morgan fingerprint density at radius 3 is 2.36 bits per heavy atom. The molecule has 1 saturated carbocycles. The fourth-order valence-corrected chi connectivity index (χ4v) is 3.42. The summed E-state index contributed by atoms with van der Waals surface area (Å²) in [4.78, 5) is 16.6. The van der Waals surface area contributed by atoms with Gasteiger partial charge in [0.1, 0.15) is 0 Å². The minimum Gasteiger partial charge on any atom is -0.335 e. The number of amides is 2. The molecule has 0 spiro atoms. The standard InChI is InChI=1S/C17H24ClN3O/c18-15-7-5-14(6-8-15)13-20-9-11-21(12-10-20)17(22)19-16-3-1-2-4-16/h5-8,16H,1-4,9-13H2,(H,19,22). The third kappa shape index (κ3) is 4.14. The van der Waals surface area contributed by atoms with Gasteiger partial charge in [-0.3, -0.25) is 4.90 Å². The van der Waals surface area contributed by atoms with Crippen LogP contribution in [0.1, 0.15) is 31.2 Å². The predicted octanol–water partition coefficient (Wildman–Crippen LogP) is 3.11. The number of nitrogens with one attached hydrogen (secondary N) is 1. The molecule has 0 bridgehead atoms. The van der Waals surface area contributed by atoms with Crippen molar-refractivity contribution in [3.05, 3.63) is 34.9 Å². The molecule has 2 amide bonds. The molecule has 1 aromatic carbocycles. The first-order valence-electron chi connectivity index (χ1n) is 8.23. The van der Waals surface area contributed by atoms with E-state index in [4.69, 9.17) is 11.6 Å². The number of urea groups is 1. The fraction of sp³-hybridized carbons (Fsp3) is 0.588. The van der Waals surface area contributed by atoms with Crippen molar-refractivity contribution < 1.29 is 4.79 Å². The van der Waals surface area contributed by atoms with Gasteiger partial charge in [-0.15, -0.1) is 0 Å². The molecule has 1 aromatic rings. The number of hydrogen-bond donors (Lipinski definition) is 1. The molecule has 2 fully saturated rings. The van der Waals surface area contributed by atoms with Crippen LogP contribution < -0.4 is 5.32 Å². The fourth-order valence-electron chi connectivity index (χ4n) is 3.29. The van der Waals surface area contributed by atoms with Crippen LogP contribution in [0.5, 0.6) is 0 Å². The van der Waals surface area contributed by atoms with Crippen molar-refractivity contribution in [2.45, 2.75) is 38.3 Å². The van der Waals surface area contributed by atoms with Gasteiger partial charge in [0.2, 0.25) is 0 Å². The van der Waals surface area contributed by atoms with E-state index in [1.807, 2.05) is 17.0 Å². The highest BCUT2D eigenvalue weighted by molar-refractivity contribution is 6.30. The second-order valence-electron chi connectivity index (χ2n) is 6.32. The van der Waals surface area contributed by atoms with E-state index in [-0.39, 0.29) is 6.03 Å². The maximum atomic E-state index is 12.2. The second-order valence-corrected chi connectivity index (χ2v) is 6.76. The Hall–Kier alpha value is -1.26. The molecule has 1 N–H and O–H groups in total. The highest BCUT2D eigenvalue weighted by Crippen LogP contribution is 2.18. The lowest BCUT2D eigenvalue weighted by molar-refractivity contribution is 0.133. The molecule has 2 aliphatic rings. The van der Waals surface area contributed by atoms with Gasteiger partial charge in [0.05, 0.1) is 0 Å². The number of benzene rings is 1. The number of halogens is 1. The zero-order valence-corrected chi connectivity index (χ0v) is 13.7. The lowest BCUT2D eigenvalue weighted by Gasteiger charge is -2.35. The molecule has 4 nitrogen and oxygen atoms in total. The number of carbonyl (C=O) groups excluding carboxylic acids is 1. The summed E-state index contributed by atoms with van der Waals surface area (Å²) in [6.45, 7) is 4.41. The van der Waals surface area contributed by atoms with Crippen LogP contribution in [0.4, 0.5) is 4.79 Å². The molecule has 1 heterocycles. The Labute approximate surface area is 137 Å². The molecule has 1 saturated heterocycles. The smallest absolute Gasteiger partial charge is 0.317 e. The Morgan fingerprint density at radius 1 is 1.09 bits per heavy atom. The summed E-state index contributed by atoms with van der Waals surface area (Å²) in [6.07, 6.45) is 4.78. The molecular formula is C17H24ClN3O. The van der Waals surface area contributed by atoms with Crippen LogP contribution >= 0.6 is 11.6 Å². The van der Waals surface area contributed by atoms with E-state index in [1.54, 1.807) is 0 Å². The van der Waals surface area contributed by atoms with Crippen LogP contribution in [0.25, 0.3) is 0 Å². The van der Waals surface area contributed by atoms with E-state index in [0.717, 1.165) is 50.6 Å². The average molecular weight is 322 g/mol. The van der Waals surface area contributed by atoms with E-state index >= 15 is 0 Å². The summed E-state index contributed by atoms with van der Waals surface area (Å²) in [5.41, 5.74) is 1.27. The molecule has 3 rings (SSSR count). The highest BCUT2D eigenvalue weighted by Gasteiger charge is 2.24. The van der Waals surface area contributed by atoms with Crippen LogP contribution in [0.2, 0.25) is 5.02 Å². The van der Waals surface area contributed by atoms with Gasteiger partial charge in [0.15, 0.2) is 0 Å². The minimum absolute atomic E-state index is 0.123. The quantitative estimate of drug-likeness (QED) is 0.928. The summed E-state index contributed by atoms with van der Waals surface area (Å²) in [5, 5.41) is 3.95. The SMILES string of the molecule is O=C(NC1CCCC1)N1CCN(Cc2ccc(Cl)cc2)CC1. The van der Waals surface area contributed by atoms with Gasteiger partial charge in [0.25, 0.3) is 0 Å². The maximum Gasteiger partial charge on any atom is 0.317 e. The molecule has 1 aliphatic carbocycles. The lowest BCUT2D eigenvalue weighted by Crippen LogP contribution is -2.52. The van der Waals surface area contributed by atoms with Gasteiger partial charge in [-0.1, -0.05) is 36.6 Å². The second kappa shape index (κ2) is 7.34. The number of hydrogen-bond acceptors (Lipinski definition) is 2. The summed E-state index contributed by atoms with van der Waals surface area (Å²) in [6, 6.07) is 8.53. The van der Waals surface area contributed by atoms with Crippen LogP contribution in [0.15, 0.2) is 24.3 Å². The summed E-state index contributed by atoms with van der Waals surface area (Å²) in [7, 11) is 0. The van der Waals surface area contributed by atoms with Crippen molar-refractivity contribution in [3.8, 4) is 0 Å². The van der Waals surface area contributed by atoms with E-state index in [9.17, 15) is 4.79 Å². The first-order valence-corrected chi connectivity index (χ1v) is 8.61. The third-order valence-corrected chi connectivity index (χ3v) is 4.91. The van der Waals surface area contributed by atoms with Crippen LogP contribution in [-0.2, 0) is 6.54 Å². The minimum atomic E-state index is 0.123. The Balaban J connectivity index is 1.43. The van der Waals surface area contributed by atoms with Gasteiger partial charge in [-0.2, -0.15) is 0 Å². The zero-order chi connectivity index (χ0) is 15.4. The Bertz CT molecular complexity index is 491.